The lowest BCUT2D eigenvalue weighted by Gasteiger charge is -2.12. The molecule has 0 atom stereocenters. The summed E-state index contributed by atoms with van der Waals surface area (Å²) in [5.41, 5.74) is 8.03. The highest BCUT2D eigenvalue weighted by Crippen LogP contribution is 2.31. The number of primary sulfonamides is 1. The molecule has 0 bridgehead atoms. The van der Waals surface area contributed by atoms with E-state index in [1.165, 1.54) is 6.20 Å². The van der Waals surface area contributed by atoms with Gasteiger partial charge >= 0.3 is 0 Å². The largest absolute Gasteiger partial charge is 0.397 e. The predicted octanol–water partition coefficient (Wildman–Crippen LogP) is 1.29. The highest BCUT2D eigenvalue weighted by molar-refractivity contribution is 7.89. The summed E-state index contributed by atoms with van der Waals surface area (Å²) in [6.45, 7) is 1.74. The fraction of sp³-hybridized carbons (Fsp3) is 0.0833. The number of sulfonamides is 1. The molecule has 2 rings (SSSR count). The maximum absolute atomic E-state index is 11.6. The van der Waals surface area contributed by atoms with Crippen molar-refractivity contribution < 1.29 is 8.42 Å². The Bertz CT molecular complexity index is 682. The summed E-state index contributed by atoms with van der Waals surface area (Å²) in [6.07, 6.45) is 1.31. The maximum atomic E-state index is 11.6. The summed E-state index contributed by atoms with van der Waals surface area (Å²) >= 11 is 0. The fourth-order valence-electron chi connectivity index (χ4n) is 1.75. The predicted molar refractivity (Wildman–Crippen MR) is 70.2 cm³/mol. The number of nitrogens with zero attached hydrogens (tertiary/aromatic N) is 1. The van der Waals surface area contributed by atoms with Crippen LogP contribution in [0.3, 0.4) is 0 Å². The van der Waals surface area contributed by atoms with Crippen molar-refractivity contribution in [1.29, 1.82) is 0 Å². The molecule has 0 spiro atoms. The number of hydrogen-bond donors (Lipinski definition) is 2. The minimum absolute atomic E-state index is 0.152. The number of nitrogens with two attached hydrogens (primary N) is 2. The van der Waals surface area contributed by atoms with Crippen LogP contribution in [0, 0.1) is 6.92 Å². The van der Waals surface area contributed by atoms with Gasteiger partial charge in [-0.15, -0.1) is 0 Å². The minimum atomic E-state index is -3.89. The summed E-state index contributed by atoms with van der Waals surface area (Å²) in [6, 6.07) is 9.04. The third-order valence-electron chi connectivity index (χ3n) is 2.67. The summed E-state index contributed by atoms with van der Waals surface area (Å²) in [7, 11) is -3.89. The van der Waals surface area contributed by atoms with E-state index in [9.17, 15) is 8.42 Å². The van der Waals surface area contributed by atoms with Gasteiger partial charge in [0.25, 0.3) is 10.0 Å². The van der Waals surface area contributed by atoms with Gasteiger partial charge in [0.05, 0.1) is 11.9 Å². The lowest BCUT2D eigenvalue weighted by atomic mass is 10.0. The Hall–Kier alpha value is -1.92. The Morgan fingerprint density at radius 1 is 1.17 bits per heavy atom. The third-order valence-corrected chi connectivity index (χ3v) is 3.52. The Morgan fingerprint density at radius 3 is 2.33 bits per heavy atom. The second-order valence-corrected chi connectivity index (χ2v) is 5.41. The molecule has 0 saturated carbocycles. The smallest absolute Gasteiger partial charge is 0.256 e. The van der Waals surface area contributed by atoms with Gasteiger partial charge in [-0.25, -0.2) is 18.5 Å². The van der Waals surface area contributed by atoms with Crippen molar-refractivity contribution in [2.45, 2.75) is 11.9 Å². The lowest BCUT2D eigenvalue weighted by molar-refractivity contribution is 0.594. The van der Waals surface area contributed by atoms with Gasteiger partial charge in [0, 0.05) is 5.56 Å². The number of aromatic nitrogens is 1. The fourth-order valence-corrected chi connectivity index (χ4v) is 2.51. The molecule has 18 heavy (non-hydrogen) atoms. The van der Waals surface area contributed by atoms with Crippen molar-refractivity contribution in [2.24, 2.45) is 5.14 Å². The average molecular weight is 263 g/mol. The Balaban J connectivity index is 2.84. The molecule has 0 unspecified atom stereocenters. The summed E-state index contributed by atoms with van der Waals surface area (Å²) in [5, 5.41) is 5.03. The van der Waals surface area contributed by atoms with Crippen LogP contribution in [0.5, 0.6) is 0 Å². The van der Waals surface area contributed by atoms with Crippen LogP contribution < -0.4 is 10.9 Å². The van der Waals surface area contributed by atoms with Gasteiger partial charge in [0.15, 0.2) is 5.03 Å². The van der Waals surface area contributed by atoms with Crippen LogP contribution >= 0.6 is 0 Å². The Morgan fingerprint density at radius 2 is 1.78 bits per heavy atom. The number of benzene rings is 1. The Kier molecular flexibility index (Phi) is 3.06. The van der Waals surface area contributed by atoms with Crippen molar-refractivity contribution in [3.8, 4) is 11.1 Å². The maximum Gasteiger partial charge on any atom is 0.256 e. The number of hydrogen-bond acceptors (Lipinski definition) is 4. The van der Waals surface area contributed by atoms with Gasteiger partial charge < -0.3 is 5.73 Å². The van der Waals surface area contributed by atoms with Crippen LogP contribution in [-0.2, 0) is 10.0 Å². The van der Waals surface area contributed by atoms with Crippen LogP contribution in [0.25, 0.3) is 11.1 Å². The molecule has 2 aromatic rings. The van der Waals surface area contributed by atoms with Crippen molar-refractivity contribution in [3.05, 3.63) is 42.1 Å². The summed E-state index contributed by atoms with van der Waals surface area (Å²) < 4.78 is 23.1. The quantitative estimate of drug-likeness (QED) is 0.852. The summed E-state index contributed by atoms with van der Waals surface area (Å²) in [4.78, 5) is 3.85. The SMILES string of the molecule is Cc1c(N)cnc(S(N)(=O)=O)c1-c1ccccc1. The summed E-state index contributed by atoms with van der Waals surface area (Å²) in [5.74, 6) is 0. The van der Waals surface area contributed by atoms with Gasteiger partial charge in [-0.1, -0.05) is 30.3 Å². The molecular weight excluding hydrogens is 250 g/mol. The molecule has 0 fully saturated rings. The molecule has 0 aliphatic heterocycles. The third kappa shape index (κ3) is 2.20. The van der Waals surface area contributed by atoms with E-state index < -0.39 is 10.0 Å². The second-order valence-electron chi connectivity index (χ2n) is 3.93. The molecular formula is C12H13N3O2S. The molecule has 0 saturated heterocycles. The van der Waals surface area contributed by atoms with E-state index in [0.29, 0.717) is 16.8 Å². The molecule has 4 N–H and O–H groups in total. The molecule has 0 aliphatic rings. The number of rotatable bonds is 2. The van der Waals surface area contributed by atoms with Crippen LogP contribution in [0.2, 0.25) is 0 Å². The molecule has 5 nitrogen and oxygen atoms in total. The zero-order chi connectivity index (χ0) is 13.3. The van der Waals surface area contributed by atoms with E-state index in [1.54, 1.807) is 19.1 Å². The first kappa shape index (κ1) is 12.5. The highest BCUT2D eigenvalue weighted by atomic mass is 32.2. The van der Waals surface area contributed by atoms with Gasteiger partial charge in [-0.2, -0.15) is 0 Å². The van der Waals surface area contributed by atoms with Gasteiger partial charge in [0.2, 0.25) is 0 Å². The van der Waals surface area contributed by atoms with Crippen molar-refractivity contribution in [3.63, 3.8) is 0 Å². The molecule has 0 aliphatic carbocycles. The van der Waals surface area contributed by atoms with Crippen molar-refractivity contribution in [2.75, 3.05) is 5.73 Å². The Labute approximate surface area is 106 Å². The minimum Gasteiger partial charge on any atom is -0.397 e. The second kappa shape index (κ2) is 4.40. The van der Waals surface area contributed by atoms with Gasteiger partial charge in [-0.05, 0) is 18.1 Å². The molecule has 1 aromatic heterocycles. The molecule has 1 heterocycles. The van der Waals surface area contributed by atoms with E-state index in [2.05, 4.69) is 4.98 Å². The van der Waals surface area contributed by atoms with Crippen molar-refractivity contribution in [1.82, 2.24) is 4.98 Å². The standard InChI is InChI=1S/C12H13N3O2S/c1-8-10(13)7-15-12(18(14,16)17)11(8)9-5-3-2-4-6-9/h2-7H,13H2,1H3,(H2,14,16,17). The zero-order valence-electron chi connectivity index (χ0n) is 9.79. The van der Waals surface area contributed by atoms with E-state index in [0.717, 1.165) is 5.56 Å². The van der Waals surface area contributed by atoms with E-state index in [-0.39, 0.29) is 5.03 Å². The van der Waals surface area contributed by atoms with E-state index in [1.807, 2.05) is 18.2 Å². The van der Waals surface area contributed by atoms with Crippen molar-refractivity contribution >= 4 is 15.7 Å². The number of anilines is 1. The zero-order valence-corrected chi connectivity index (χ0v) is 10.6. The average Bonchev–Trinajstić information content (AvgIpc) is 2.32. The number of nitrogen functional groups attached to an aromatic ring is 1. The molecule has 1 aromatic carbocycles. The van der Waals surface area contributed by atoms with Crippen LogP contribution in [-0.4, -0.2) is 13.4 Å². The lowest BCUT2D eigenvalue weighted by Crippen LogP contribution is -2.16. The van der Waals surface area contributed by atoms with Crippen LogP contribution in [0.15, 0.2) is 41.6 Å². The molecule has 6 heteroatoms. The van der Waals surface area contributed by atoms with Crippen LogP contribution in [0.4, 0.5) is 5.69 Å². The number of pyridine rings is 1. The topological polar surface area (TPSA) is 99.1 Å². The monoisotopic (exact) mass is 263 g/mol. The first-order valence-corrected chi connectivity index (χ1v) is 6.79. The molecule has 0 radical (unpaired) electrons. The van der Waals surface area contributed by atoms with Crippen LogP contribution in [0.1, 0.15) is 5.56 Å². The first-order valence-electron chi connectivity index (χ1n) is 5.24. The van der Waals surface area contributed by atoms with Gasteiger partial charge in [-0.3, -0.25) is 0 Å². The van der Waals surface area contributed by atoms with E-state index >= 15 is 0 Å². The normalized spacial score (nSPS) is 11.4. The first-order chi connectivity index (χ1) is 8.41. The van der Waals surface area contributed by atoms with Gasteiger partial charge in [0.1, 0.15) is 0 Å². The molecule has 0 amide bonds. The molecule has 94 valence electrons. The van der Waals surface area contributed by atoms with E-state index in [4.69, 9.17) is 10.9 Å². The highest BCUT2D eigenvalue weighted by Gasteiger charge is 2.20.